The standard InChI is InChI=1S/C16H19N3/c1-12-4-2-5-13(10-12)15-16(19-9-8-18-15)14-6-3-7-17-11-14/h2,4-5,8-10,14,17H,3,6-7,11H2,1H3/t14-/m0/s1. The van der Waals surface area contributed by atoms with Crippen molar-refractivity contribution in [1.82, 2.24) is 15.3 Å². The highest BCUT2D eigenvalue weighted by molar-refractivity contribution is 5.63. The Balaban J connectivity index is 2.01. The van der Waals surface area contributed by atoms with Gasteiger partial charge < -0.3 is 5.32 Å². The van der Waals surface area contributed by atoms with Gasteiger partial charge in [-0.2, -0.15) is 0 Å². The third-order valence-electron chi connectivity index (χ3n) is 3.70. The van der Waals surface area contributed by atoms with Crippen LogP contribution in [0.2, 0.25) is 0 Å². The van der Waals surface area contributed by atoms with E-state index in [4.69, 9.17) is 0 Å². The fourth-order valence-corrected chi connectivity index (χ4v) is 2.75. The van der Waals surface area contributed by atoms with Crippen LogP contribution in [-0.2, 0) is 0 Å². The van der Waals surface area contributed by atoms with Crippen molar-refractivity contribution < 1.29 is 0 Å². The maximum atomic E-state index is 4.61. The molecule has 3 nitrogen and oxygen atoms in total. The van der Waals surface area contributed by atoms with Gasteiger partial charge >= 0.3 is 0 Å². The van der Waals surface area contributed by atoms with E-state index in [1.165, 1.54) is 24.0 Å². The number of hydrogen-bond acceptors (Lipinski definition) is 3. The highest BCUT2D eigenvalue weighted by Crippen LogP contribution is 2.29. The number of piperidine rings is 1. The zero-order chi connectivity index (χ0) is 13.1. The Morgan fingerprint density at radius 1 is 1.21 bits per heavy atom. The van der Waals surface area contributed by atoms with Crippen molar-refractivity contribution in [1.29, 1.82) is 0 Å². The van der Waals surface area contributed by atoms with Crippen LogP contribution in [0, 0.1) is 6.92 Å². The van der Waals surface area contributed by atoms with E-state index in [2.05, 4.69) is 46.5 Å². The van der Waals surface area contributed by atoms with Crippen molar-refractivity contribution in [2.45, 2.75) is 25.7 Å². The lowest BCUT2D eigenvalue weighted by molar-refractivity contribution is 0.454. The first-order chi connectivity index (χ1) is 9.34. The molecule has 3 heteroatoms. The highest BCUT2D eigenvalue weighted by Gasteiger charge is 2.20. The average molecular weight is 253 g/mol. The predicted molar refractivity (Wildman–Crippen MR) is 77.0 cm³/mol. The average Bonchev–Trinajstić information content (AvgIpc) is 2.48. The third kappa shape index (κ3) is 2.66. The van der Waals surface area contributed by atoms with E-state index < -0.39 is 0 Å². The summed E-state index contributed by atoms with van der Waals surface area (Å²) in [4.78, 5) is 9.18. The zero-order valence-electron chi connectivity index (χ0n) is 11.3. The van der Waals surface area contributed by atoms with Gasteiger partial charge in [-0.1, -0.05) is 23.8 Å². The SMILES string of the molecule is Cc1cccc(-c2nccnc2[C@H]2CCCNC2)c1. The molecule has 1 aliphatic heterocycles. The lowest BCUT2D eigenvalue weighted by Crippen LogP contribution is -2.29. The molecule has 1 aromatic heterocycles. The fourth-order valence-electron chi connectivity index (χ4n) is 2.75. The third-order valence-corrected chi connectivity index (χ3v) is 3.70. The molecular weight excluding hydrogens is 234 g/mol. The summed E-state index contributed by atoms with van der Waals surface area (Å²) in [6.45, 7) is 4.25. The number of hydrogen-bond donors (Lipinski definition) is 1. The second-order valence-corrected chi connectivity index (χ2v) is 5.20. The van der Waals surface area contributed by atoms with Gasteiger partial charge in [-0.05, 0) is 32.4 Å². The summed E-state index contributed by atoms with van der Waals surface area (Å²) in [5.74, 6) is 0.484. The molecule has 1 aromatic carbocycles. The van der Waals surface area contributed by atoms with Crippen molar-refractivity contribution >= 4 is 0 Å². The minimum absolute atomic E-state index is 0.484. The number of rotatable bonds is 2. The van der Waals surface area contributed by atoms with E-state index in [1.54, 1.807) is 6.20 Å². The van der Waals surface area contributed by atoms with E-state index in [0.717, 1.165) is 24.5 Å². The molecule has 2 aromatic rings. The second-order valence-electron chi connectivity index (χ2n) is 5.20. The minimum atomic E-state index is 0.484. The molecule has 1 atom stereocenters. The number of nitrogens with zero attached hydrogens (tertiary/aromatic N) is 2. The molecule has 0 aliphatic carbocycles. The van der Waals surface area contributed by atoms with Crippen molar-refractivity contribution in [3.05, 3.63) is 47.9 Å². The Hall–Kier alpha value is -1.74. The first-order valence-electron chi connectivity index (χ1n) is 6.93. The lowest BCUT2D eigenvalue weighted by Gasteiger charge is -2.23. The molecule has 1 N–H and O–H groups in total. The summed E-state index contributed by atoms with van der Waals surface area (Å²) in [5, 5.41) is 3.46. The first-order valence-corrected chi connectivity index (χ1v) is 6.93. The Morgan fingerprint density at radius 2 is 2.11 bits per heavy atom. The summed E-state index contributed by atoms with van der Waals surface area (Å²) in [6, 6.07) is 8.50. The van der Waals surface area contributed by atoms with Gasteiger partial charge in [-0.3, -0.25) is 9.97 Å². The van der Waals surface area contributed by atoms with E-state index in [9.17, 15) is 0 Å². The normalized spacial score (nSPS) is 19.3. The summed E-state index contributed by atoms with van der Waals surface area (Å²) in [7, 11) is 0. The van der Waals surface area contributed by atoms with Crippen LogP contribution < -0.4 is 5.32 Å². The zero-order valence-corrected chi connectivity index (χ0v) is 11.3. The van der Waals surface area contributed by atoms with Gasteiger partial charge in [0.1, 0.15) is 0 Å². The molecule has 0 radical (unpaired) electrons. The molecule has 0 spiro atoms. The molecule has 0 saturated carbocycles. The van der Waals surface area contributed by atoms with Crippen molar-refractivity contribution in [2.24, 2.45) is 0 Å². The first kappa shape index (κ1) is 12.3. The topological polar surface area (TPSA) is 37.8 Å². The molecule has 98 valence electrons. The van der Waals surface area contributed by atoms with Gasteiger partial charge in [-0.15, -0.1) is 0 Å². The van der Waals surface area contributed by atoms with Gasteiger partial charge in [0.15, 0.2) is 0 Å². The van der Waals surface area contributed by atoms with Crippen LogP contribution in [0.3, 0.4) is 0 Å². The lowest BCUT2D eigenvalue weighted by atomic mass is 9.92. The summed E-state index contributed by atoms with van der Waals surface area (Å²) in [6.07, 6.45) is 6.01. The fraction of sp³-hybridized carbons (Fsp3) is 0.375. The van der Waals surface area contributed by atoms with Crippen LogP contribution in [0.5, 0.6) is 0 Å². The van der Waals surface area contributed by atoms with Gasteiger partial charge in [0, 0.05) is 30.4 Å². The summed E-state index contributed by atoms with van der Waals surface area (Å²) >= 11 is 0. The van der Waals surface area contributed by atoms with E-state index >= 15 is 0 Å². The number of aryl methyl sites for hydroxylation is 1. The largest absolute Gasteiger partial charge is 0.316 e. The molecule has 1 aliphatic rings. The minimum Gasteiger partial charge on any atom is -0.316 e. The Labute approximate surface area is 114 Å². The van der Waals surface area contributed by atoms with E-state index in [1.807, 2.05) is 6.20 Å². The molecule has 1 fully saturated rings. The Kier molecular flexibility index (Phi) is 3.56. The molecule has 0 amide bonds. The van der Waals surface area contributed by atoms with Crippen LogP contribution >= 0.6 is 0 Å². The molecule has 2 heterocycles. The number of aromatic nitrogens is 2. The molecule has 0 bridgehead atoms. The van der Waals surface area contributed by atoms with Gasteiger partial charge in [0.2, 0.25) is 0 Å². The van der Waals surface area contributed by atoms with Crippen LogP contribution in [0.1, 0.15) is 30.0 Å². The van der Waals surface area contributed by atoms with Crippen molar-refractivity contribution in [2.75, 3.05) is 13.1 Å². The predicted octanol–water partition coefficient (Wildman–Crippen LogP) is 2.92. The highest BCUT2D eigenvalue weighted by atomic mass is 14.9. The smallest absolute Gasteiger partial charge is 0.0920 e. The molecule has 3 rings (SSSR count). The van der Waals surface area contributed by atoms with Gasteiger partial charge in [-0.25, -0.2) is 0 Å². The summed E-state index contributed by atoms with van der Waals surface area (Å²) in [5.41, 5.74) is 4.62. The maximum Gasteiger partial charge on any atom is 0.0920 e. The Morgan fingerprint density at radius 3 is 2.89 bits per heavy atom. The monoisotopic (exact) mass is 253 g/mol. The van der Waals surface area contributed by atoms with E-state index in [-0.39, 0.29) is 0 Å². The molecule has 1 saturated heterocycles. The maximum absolute atomic E-state index is 4.61. The molecular formula is C16H19N3. The van der Waals surface area contributed by atoms with Crippen LogP contribution in [0.15, 0.2) is 36.7 Å². The van der Waals surface area contributed by atoms with Gasteiger partial charge in [0.05, 0.1) is 11.4 Å². The number of nitrogens with one attached hydrogen (secondary N) is 1. The van der Waals surface area contributed by atoms with Crippen molar-refractivity contribution in [3.8, 4) is 11.3 Å². The van der Waals surface area contributed by atoms with Gasteiger partial charge in [0.25, 0.3) is 0 Å². The van der Waals surface area contributed by atoms with Crippen LogP contribution in [0.4, 0.5) is 0 Å². The van der Waals surface area contributed by atoms with Crippen molar-refractivity contribution in [3.63, 3.8) is 0 Å². The van der Waals surface area contributed by atoms with Crippen LogP contribution in [0.25, 0.3) is 11.3 Å². The quantitative estimate of drug-likeness (QED) is 0.894. The summed E-state index contributed by atoms with van der Waals surface area (Å²) < 4.78 is 0. The van der Waals surface area contributed by atoms with E-state index in [0.29, 0.717) is 5.92 Å². The van der Waals surface area contributed by atoms with Crippen LogP contribution in [-0.4, -0.2) is 23.1 Å². The number of benzene rings is 1. The second kappa shape index (κ2) is 5.49. The molecule has 19 heavy (non-hydrogen) atoms. The molecule has 0 unspecified atom stereocenters. The Bertz CT molecular complexity index is 559.